The van der Waals surface area contributed by atoms with Crippen molar-refractivity contribution in [2.75, 3.05) is 5.32 Å². The number of aromatic nitrogens is 1. The monoisotopic (exact) mass is 492 g/mol. The summed E-state index contributed by atoms with van der Waals surface area (Å²) >= 11 is 7.32. The lowest BCUT2D eigenvalue weighted by atomic mass is 9.99. The van der Waals surface area contributed by atoms with Gasteiger partial charge in [-0.2, -0.15) is 0 Å². The highest BCUT2D eigenvalue weighted by molar-refractivity contribution is 9.11. The summed E-state index contributed by atoms with van der Waals surface area (Å²) < 4.78 is 1.86. The predicted molar refractivity (Wildman–Crippen MR) is 121 cm³/mol. The third-order valence-corrected chi connectivity index (χ3v) is 6.77. The van der Waals surface area contributed by atoms with Crippen LogP contribution >= 0.6 is 31.9 Å². The largest absolute Gasteiger partial charge is 0.321 e. The van der Waals surface area contributed by atoms with Gasteiger partial charge in [0.2, 0.25) is 0 Å². The number of allylic oxidation sites excluding steroid dienone is 1. The first-order chi connectivity index (χ1) is 12.8. The molecule has 1 aromatic heterocycles. The van der Waals surface area contributed by atoms with E-state index in [2.05, 4.69) is 75.6 Å². The Kier molecular flexibility index (Phi) is 7.40. The molecular formula is C22H26Br2N2O. The zero-order chi connectivity index (χ0) is 20.3. The van der Waals surface area contributed by atoms with Gasteiger partial charge in [-0.3, -0.25) is 9.78 Å². The zero-order valence-electron chi connectivity index (χ0n) is 16.6. The molecule has 144 valence electrons. The van der Waals surface area contributed by atoms with Gasteiger partial charge in [0.1, 0.15) is 0 Å². The third kappa shape index (κ3) is 4.35. The van der Waals surface area contributed by atoms with E-state index >= 15 is 0 Å². The molecule has 0 radical (unpaired) electrons. The molecule has 27 heavy (non-hydrogen) atoms. The molecule has 0 aliphatic heterocycles. The predicted octanol–water partition coefficient (Wildman–Crippen LogP) is 6.64. The van der Waals surface area contributed by atoms with Crippen LogP contribution in [0.1, 0.15) is 57.8 Å². The Morgan fingerprint density at radius 1 is 1.11 bits per heavy atom. The molecule has 0 aliphatic carbocycles. The van der Waals surface area contributed by atoms with E-state index in [9.17, 15) is 4.79 Å². The molecule has 5 heteroatoms. The summed E-state index contributed by atoms with van der Waals surface area (Å²) in [5.41, 5.74) is 7.56. The van der Waals surface area contributed by atoms with E-state index in [0.717, 1.165) is 49.9 Å². The summed E-state index contributed by atoms with van der Waals surface area (Å²) in [6.45, 7) is 13.9. The Labute approximate surface area is 178 Å². The van der Waals surface area contributed by atoms with Gasteiger partial charge in [-0.15, -0.1) is 6.58 Å². The summed E-state index contributed by atoms with van der Waals surface area (Å²) in [6.07, 6.45) is 4.17. The number of carbonyl (C=O) groups excluding carboxylic acids is 1. The van der Waals surface area contributed by atoms with E-state index in [-0.39, 0.29) is 5.91 Å². The molecule has 1 aromatic carbocycles. The molecule has 0 saturated carbocycles. The maximum absolute atomic E-state index is 13.2. The number of rotatable bonds is 6. The number of nitrogens with zero attached hydrogens (tertiary/aromatic N) is 1. The average Bonchev–Trinajstić information content (AvgIpc) is 2.61. The first kappa shape index (κ1) is 21.8. The van der Waals surface area contributed by atoms with E-state index in [0.29, 0.717) is 17.7 Å². The number of nitrogens with one attached hydrogen (secondary N) is 1. The van der Waals surface area contributed by atoms with E-state index in [4.69, 9.17) is 0 Å². The van der Waals surface area contributed by atoms with Gasteiger partial charge in [0.25, 0.3) is 5.91 Å². The van der Waals surface area contributed by atoms with Crippen LogP contribution in [0.15, 0.2) is 27.7 Å². The maximum Gasteiger partial charge on any atom is 0.258 e. The van der Waals surface area contributed by atoms with Crippen LogP contribution in [-0.4, -0.2) is 10.9 Å². The number of amides is 1. The normalized spacial score (nSPS) is 10.8. The molecule has 0 spiro atoms. The lowest BCUT2D eigenvalue weighted by Crippen LogP contribution is -2.19. The molecule has 2 aromatic rings. The Balaban J connectivity index is 2.58. The maximum atomic E-state index is 13.2. The Morgan fingerprint density at radius 2 is 1.78 bits per heavy atom. The summed E-state index contributed by atoms with van der Waals surface area (Å²) in [5, 5.41) is 3.17. The quantitative estimate of drug-likeness (QED) is 0.458. The fourth-order valence-corrected chi connectivity index (χ4v) is 4.88. The second-order valence-electron chi connectivity index (χ2n) is 6.62. The molecule has 0 atom stereocenters. The highest BCUT2D eigenvalue weighted by Crippen LogP contribution is 2.34. The fourth-order valence-electron chi connectivity index (χ4n) is 3.37. The second-order valence-corrected chi connectivity index (χ2v) is 8.21. The summed E-state index contributed by atoms with van der Waals surface area (Å²) in [7, 11) is 0. The number of pyridine rings is 1. The third-order valence-electron chi connectivity index (χ3n) is 4.79. The van der Waals surface area contributed by atoms with Crippen molar-refractivity contribution in [3.8, 4) is 0 Å². The van der Waals surface area contributed by atoms with Crippen LogP contribution in [0.4, 0.5) is 5.69 Å². The summed E-state index contributed by atoms with van der Waals surface area (Å²) in [4.78, 5) is 17.8. The van der Waals surface area contributed by atoms with Crippen LogP contribution in [0.3, 0.4) is 0 Å². The number of anilines is 1. The fraction of sp³-hybridized carbons (Fsp3) is 0.364. The molecule has 2 rings (SSSR count). The topological polar surface area (TPSA) is 42.0 Å². The van der Waals surface area contributed by atoms with Crippen LogP contribution in [0, 0.1) is 20.8 Å². The Hall–Kier alpha value is -1.46. The van der Waals surface area contributed by atoms with Gasteiger partial charge >= 0.3 is 0 Å². The van der Waals surface area contributed by atoms with Crippen molar-refractivity contribution in [1.82, 2.24) is 4.98 Å². The molecule has 0 saturated heterocycles. The number of halogens is 2. The van der Waals surface area contributed by atoms with Crippen LogP contribution < -0.4 is 5.32 Å². The smallest absolute Gasteiger partial charge is 0.258 e. The standard InChI is InChI=1S/C22H26Br2N2O/c1-7-10-17-13(5)25-14(6)18(20(17)24)22(27)26-21-15(8-2)11-12(4)19(23)16(21)9-3/h7,11H,1,8-10H2,2-6H3,(H,26,27). The van der Waals surface area contributed by atoms with Crippen molar-refractivity contribution in [3.63, 3.8) is 0 Å². The first-order valence-electron chi connectivity index (χ1n) is 9.15. The minimum atomic E-state index is -0.141. The zero-order valence-corrected chi connectivity index (χ0v) is 19.8. The van der Waals surface area contributed by atoms with Crippen LogP contribution in [0.25, 0.3) is 0 Å². The van der Waals surface area contributed by atoms with Crippen molar-refractivity contribution in [2.24, 2.45) is 0 Å². The highest BCUT2D eigenvalue weighted by atomic mass is 79.9. The number of hydrogen-bond acceptors (Lipinski definition) is 2. The lowest BCUT2D eigenvalue weighted by molar-refractivity contribution is 0.102. The molecule has 3 nitrogen and oxygen atoms in total. The Bertz CT molecular complexity index is 904. The lowest BCUT2D eigenvalue weighted by Gasteiger charge is -2.20. The molecule has 1 amide bonds. The summed E-state index contributed by atoms with van der Waals surface area (Å²) in [6, 6.07) is 2.14. The molecule has 0 bridgehead atoms. The van der Waals surface area contributed by atoms with Gasteiger partial charge in [0.05, 0.1) is 11.3 Å². The van der Waals surface area contributed by atoms with E-state index in [1.54, 1.807) is 0 Å². The molecule has 0 fully saturated rings. The van der Waals surface area contributed by atoms with Crippen molar-refractivity contribution < 1.29 is 4.79 Å². The van der Waals surface area contributed by atoms with Crippen molar-refractivity contribution in [2.45, 2.75) is 53.9 Å². The minimum Gasteiger partial charge on any atom is -0.321 e. The number of benzene rings is 1. The van der Waals surface area contributed by atoms with E-state index in [1.807, 2.05) is 19.9 Å². The van der Waals surface area contributed by atoms with Crippen molar-refractivity contribution in [3.05, 3.63) is 66.9 Å². The molecule has 0 unspecified atom stereocenters. The van der Waals surface area contributed by atoms with Crippen LogP contribution in [0.2, 0.25) is 0 Å². The highest BCUT2D eigenvalue weighted by Gasteiger charge is 2.22. The van der Waals surface area contributed by atoms with Gasteiger partial charge in [-0.05, 0) is 78.2 Å². The molecular weight excluding hydrogens is 468 g/mol. The SMILES string of the molecule is C=CCc1c(C)nc(C)c(C(=O)Nc2c(CC)cc(C)c(Br)c2CC)c1Br. The average molecular weight is 494 g/mol. The van der Waals surface area contributed by atoms with Gasteiger partial charge < -0.3 is 5.32 Å². The summed E-state index contributed by atoms with van der Waals surface area (Å²) in [5.74, 6) is -0.141. The van der Waals surface area contributed by atoms with Gasteiger partial charge in [0.15, 0.2) is 0 Å². The van der Waals surface area contributed by atoms with Crippen LogP contribution in [0.5, 0.6) is 0 Å². The van der Waals surface area contributed by atoms with E-state index in [1.165, 1.54) is 5.56 Å². The minimum absolute atomic E-state index is 0.141. The number of carbonyl (C=O) groups is 1. The van der Waals surface area contributed by atoms with E-state index < -0.39 is 0 Å². The van der Waals surface area contributed by atoms with Crippen LogP contribution in [-0.2, 0) is 19.3 Å². The van der Waals surface area contributed by atoms with Crippen molar-refractivity contribution in [1.29, 1.82) is 0 Å². The van der Waals surface area contributed by atoms with Crippen molar-refractivity contribution >= 4 is 43.5 Å². The van der Waals surface area contributed by atoms with Gasteiger partial charge in [0, 0.05) is 20.3 Å². The Morgan fingerprint density at radius 3 is 2.33 bits per heavy atom. The molecule has 0 aliphatic rings. The number of aryl methyl sites for hydroxylation is 4. The molecule has 1 N–H and O–H groups in total. The van der Waals surface area contributed by atoms with Gasteiger partial charge in [-0.1, -0.05) is 41.9 Å². The first-order valence-corrected chi connectivity index (χ1v) is 10.7. The number of hydrogen-bond donors (Lipinski definition) is 1. The van der Waals surface area contributed by atoms with Gasteiger partial charge in [-0.25, -0.2) is 0 Å². The second kappa shape index (κ2) is 9.16. The molecule has 1 heterocycles.